The third-order valence-corrected chi connectivity index (χ3v) is 5.19. The van der Waals surface area contributed by atoms with E-state index in [1.807, 2.05) is 0 Å². The number of hydrogen-bond acceptors (Lipinski definition) is 10. The van der Waals surface area contributed by atoms with Crippen molar-refractivity contribution in [3.8, 4) is 5.75 Å². The second kappa shape index (κ2) is 8.60. The maximum Gasteiger partial charge on any atom is 0.336 e. The number of rotatable bonds is 6. The molecular formula is C20H26O10. The Morgan fingerprint density at radius 1 is 1.10 bits per heavy atom. The first kappa shape index (κ1) is 22.6. The predicted molar refractivity (Wildman–Crippen MR) is 103 cm³/mol. The van der Waals surface area contributed by atoms with E-state index in [9.17, 15) is 35.4 Å². The topological polar surface area (TPSA) is 170 Å². The summed E-state index contributed by atoms with van der Waals surface area (Å²) in [6, 6.07) is 5.74. The number of phenolic OH excluding ortho intramolecular Hbond substituents is 1. The Bertz CT molecular complexity index is 931. The number of benzene rings is 1. The SMILES string of the molecule is CC(C)(O)C(Cc1c(O)ccc2ccc(=O)oc12)O[C@@H]1O[C@H](CO)[C@@H](O)[C@H](O)[C@H]1O. The van der Waals surface area contributed by atoms with Gasteiger partial charge in [-0.3, -0.25) is 0 Å². The van der Waals surface area contributed by atoms with Gasteiger partial charge >= 0.3 is 5.63 Å². The fourth-order valence-electron chi connectivity index (χ4n) is 3.37. The average Bonchev–Trinajstić information content (AvgIpc) is 2.68. The molecule has 1 aromatic carbocycles. The Kier molecular flexibility index (Phi) is 6.48. The van der Waals surface area contributed by atoms with Crippen molar-refractivity contribution < 1.29 is 44.5 Å². The second-order valence-electron chi connectivity index (χ2n) is 7.92. The van der Waals surface area contributed by atoms with Gasteiger partial charge in [-0.1, -0.05) is 0 Å². The molecule has 10 heteroatoms. The molecule has 6 atom stereocenters. The average molecular weight is 426 g/mol. The number of aromatic hydroxyl groups is 1. The minimum atomic E-state index is -1.66. The smallest absolute Gasteiger partial charge is 0.336 e. The van der Waals surface area contributed by atoms with Crippen molar-refractivity contribution in [2.24, 2.45) is 0 Å². The second-order valence-corrected chi connectivity index (χ2v) is 7.92. The van der Waals surface area contributed by atoms with Crippen LogP contribution in [0.2, 0.25) is 0 Å². The Balaban J connectivity index is 1.94. The van der Waals surface area contributed by atoms with Gasteiger partial charge in [-0.2, -0.15) is 0 Å². The van der Waals surface area contributed by atoms with Gasteiger partial charge in [0.1, 0.15) is 35.7 Å². The van der Waals surface area contributed by atoms with Crippen LogP contribution in [-0.4, -0.2) is 79.7 Å². The molecule has 1 fully saturated rings. The van der Waals surface area contributed by atoms with Gasteiger partial charge in [0.05, 0.1) is 18.3 Å². The van der Waals surface area contributed by atoms with Crippen molar-refractivity contribution in [1.29, 1.82) is 0 Å². The summed E-state index contributed by atoms with van der Waals surface area (Å²) in [6.07, 6.45) is -8.78. The first-order valence-electron chi connectivity index (χ1n) is 9.46. The zero-order valence-electron chi connectivity index (χ0n) is 16.5. The van der Waals surface area contributed by atoms with Crippen LogP contribution >= 0.6 is 0 Å². The van der Waals surface area contributed by atoms with Gasteiger partial charge in [0.25, 0.3) is 0 Å². The summed E-state index contributed by atoms with van der Waals surface area (Å²) in [5.41, 5.74) is -1.83. The zero-order chi connectivity index (χ0) is 22.2. The summed E-state index contributed by atoms with van der Waals surface area (Å²) in [4.78, 5) is 11.7. The first-order valence-corrected chi connectivity index (χ1v) is 9.46. The summed E-state index contributed by atoms with van der Waals surface area (Å²) in [7, 11) is 0. The Labute approximate surface area is 171 Å². The maximum absolute atomic E-state index is 11.7. The van der Waals surface area contributed by atoms with Crippen LogP contribution in [0.4, 0.5) is 0 Å². The molecule has 0 amide bonds. The molecule has 1 aliphatic rings. The highest BCUT2D eigenvalue weighted by Gasteiger charge is 2.46. The van der Waals surface area contributed by atoms with Crippen molar-refractivity contribution in [3.05, 3.63) is 40.2 Å². The highest BCUT2D eigenvalue weighted by molar-refractivity contribution is 5.82. The molecule has 30 heavy (non-hydrogen) atoms. The van der Waals surface area contributed by atoms with E-state index in [4.69, 9.17) is 13.9 Å². The lowest BCUT2D eigenvalue weighted by Gasteiger charge is -2.42. The van der Waals surface area contributed by atoms with Crippen molar-refractivity contribution in [3.63, 3.8) is 0 Å². The van der Waals surface area contributed by atoms with Gasteiger partial charge in [0.15, 0.2) is 6.29 Å². The number of aliphatic hydroxyl groups excluding tert-OH is 4. The number of ether oxygens (including phenoxy) is 2. The quantitative estimate of drug-likeness (QED) is 0.315. The summed E-state index contributed by atoms with van der Waals surface area (Å²) in [6.45, 7) is 2.23. The molecule has 0 radical (unpaired) electrons. The van der Waals surface area contributed by atoms with Crippen molar-refractivity contribution in [2.75, 3.05) is 6.61 Å². The standard InChI is InChI=1S/C20H26O10/c1-20(2,27)13(29-19-17(26)16(25)15(24)12(8-21)28-19)7-10-11(22)5-3-9-4-6-14(23)30-18(9)10/h3-6,12-13,15-17,19,21-22,24-27H,7-8H2,1-2H3/t12-,13?,15-,16+,17-,19+/m1/s1. The van der Waals surface area contributed by atoms with E-state index < -0.39 is 54.6 Å². The molecule has 10 nitrogen and oxygen atoms in total. The van der Waals surface area contributed by atoms with E-state index in [0.717, 1.165) is 0 Å². The third-order valence-electron chi connectivity index (χ3n) is 5.19. The van der Waals surface area contributed by atoms with Crippen LogP contribution in [-0.2, 0) is 15.9 Å². The van der Waals surface area contributed by atoms with E-state index in [1.54, 1.807) is 6.07 Å². The lowest BCUT2D eigenvalue weighted by Crippen LogP contribution is -2.60. The van der Waals surface area contributed by atoms with Crippen molar-refractivity contribution in [2.45, 2.75) is 62.7 Å². The van der Waals surface area contributed by atoms with E-state index in [1.165, 1.54) is 32.0 Å². The van der Waals surface area contributed by atoms with Crippen LogP contribution in [0.1, 0.15) is 19.4 Å². The van der Waals surface area contributed by atoms with Gasteiger partial charge in [-0.05, 0) is 32.0 Å². The zero-order valence-corrected chi connectivity index (χ0v) is 16.5. The molecule has 1 saturated heterocycles. The highest BCUT2D eigenvalue weighted by Crippen LogP contribution is 2.32. The Hall–Kier alpha value is -2.05. The van der Waals surface area contributed by atoms with Crippen LogP contribution in [0.3, 0.4) is 0 Å². The monoisotopic (exact) mass is 426 g/mol. The molecule has 0 spiro atoms. The van der Waals surface area contributed by atoms with Crippen LogP contribution < -0.4 is 5.63 Å². The molecule has 1 aromatic heterocycles. The van der Waals surface area contributed by atoms with Crippen LogP contribution in [0, 0.1) is 0 Å². The lowest BCUT2D eigenvalue weighted by molar-refractivity contribution is -0.321. The summed E-state index contributed by atoms with van der Waals surface area (Å²) < 4.78 is 16.3. The van der Waals surface area contributed by atoms with Gasteiger partial charge in [-0.15, -0.1) is 0 Å². The summed E-state index contributed by atoms with van der Waals surface area (Å²) >= 11 is 0. The molecule has 3 rings (SSSR count). The van der Waals surface area contributed by atoms with E-state index in [-0.39, 0.29) is 23.3 Å². The maximum atomic E-state index is 11.7. The Morgan fingerprint density at radius 2 is 1.77 bits per heavy atom. The predicted octanol–water partition coefficient (Wildman–Crippen LogP) is -1.00. The molecule has 0 saturated carbocycles. The number of phenols is 1. The third kappa shape index (κ3) is 4.49. The molecule has 1 aliphatic heterocycles. The lowest BCUT2D eigenvalue weighted by atomic mass is 9.93. The number of hydrogen-bond donors (Lipinski definition) is 6. The highest BCUT2D eigenvalue weighted by atomic mass is 16.7. The van der Waals surface area contributed by atoms with Gasteiger partial charge in [0, 0.05) is 23.4 Å². The van der Waals surface area contributed by atoms with E-state index >= 15 is 0 Å². The largest absolute Gasteiger partial charge is 0.508 e. The molecule has 2 aromatic rings. The molecule has 166 valence electrons. The van der Waals surface area contributed by atoms with Crippen LogP contribution in [0.25, 0.3) is 11.0 Å². The van der Waals surface area contributed by atoms with Gasteiger partial charge < -0.3 is 44.5 Å². The fourth-order valence-corrected chi connectivity index (χ4v) is 3.37. The normalized spacial score (nSPS) is 28.6. The number of fused-ring (bicyclic) bond motifs is 1. The first-order chi connectivity index (χ1) is 14.0. The summed E-state index contributed by atoms with van der Waals surface area (Å²) in [5, 5.41) is 61.0. The molecule has 0 aliphatic carbocycles. The molecule has 1 unspecified atom stereocenters. The fraction of sp³-hybridized carbons (Fsp3) is 0.550. The van der Waals surface area contributed by atoms with E-state index in [2.05, 4.69) is 0 Å². The molecular weight excluding hydrogens is 400 g/mol. The molecule has 0 bridgehead atoms. The van der Waals surface area contributed by atoms with E-state index in [0.29, 0.717) is 5.39 Å². The van der Waals surface area contributed by atoms with Crippen LogP contribution in [0.5, 0.6) is 5.75 Å². The minimum Gasteiger partial charge on any atom is -0.508 e. The van der Waals surface area contributed by atoms with Gasteiger partial charge in [0.2, 0.25) is 0 Å². The molecule has 2 heterocycles. The molecule has 6 N–H and O–H groups in total. The van der Waals surface area contributed by atoms with Gasteiger partial charge in [-0.25, -0.2) is 4.79 Å². The summed E-state index contributed by atoms with van der Waals surface area (Å²) in [5.74, 6) is -0.191. The number of aliphatic hydroxyl groups is 5. The van der Waals surface area contributed by atoms with Crippen molar-refractivity contribution in [1.82, 2.24) is 0 Å². The Morgan fingerprint density at radius 3 is 2.40 bits per heavy atom. The van der Waals surface area contributed by atoms with Crippen LogP contribution in [0.15, 0.2) is 33.5 Å². The minimum absolute atomic E-state index is 0.120. The van der Waals surface area contributed by atoms with Crippen molar-refractivity contribution >= 4 is 11.0 Å².